The molecule has 1 amide bonds. The topological polar surface area (TPSA) is 59.9 Å². The van der Waals surface area contributed by atoms with Crippen LogP contribution in [0.25, 0.3) is 6.08 Å². The third-order valence-electron chi connectivity index (χ3n) is 3.53. The summed E-state index contributed by atoms with van der Waals surface area (Å²) in [5.74, 6) is 1.46. The van der Waals surface area contributed by atoms with Crippen molar-refractivity contribution in [1.82, 2.24) is 5.32 Å². The van der Waals surface area contributed by atoms with E-state index in [1.807, 2.05) is 30.3 Å². The second-order valence-electron chi connectivity index (χ2n) is 5.07. The van der Waals surface area contributed by atoms with Crippen LogP contribution in [0.15, 0.2) is 57.6 Å². The molecule has 0 aliphatic carbocycles. The van der Waals surface area contributed by atoms with Crippen LogP contribution in [0.3, 0.4) is 0 Å². The van der Waals surface area contributed by atoms with Gasteiger partial charge in [-0.15, -0.1) is 0 Å². The van der Waals surface area contributed by atoms with E-state index in [-0.39, 0.29) is 5.91 Å². The number of hydrogen-bond acceptors (Lipinski definition) is 4. The molecule has 0 atom stereocenters. The van der Waals surface area contributed by atoms with E-state index in [9.17, 15) is 4.79 Å². The van der Waals surface area contributed by atoms with Gasteiger partial charge in [0, 0.05) is 10.0 Å². The average molecular weight is 387 g/mol. The van der Waals surface area contributed by atoms with Crippen LogP contribution in [0.1, 0.15) is 11.1 Å². The molecule has 0 spiro atoms. The van der Waals surface area contributed by atoms with Crippen LogP contribution >= 0.6 is 15.9 Å². The lowest BCUT2D eigenvalue weighted by atomic mass is 10.2. The second-order valence-corrected chi connectivity index (χ2v) is 5.98. The van der Waals surface area contributed by atoms with Gasteiger partial charge in [0.15, 0.2) is 11.5 Å². The fourth-order valence-corrected chi connectivity index (χ4v) is 2.57. The highest BCUT2D eigenvalue weighted by atomic mass is 79.9. The van der Waals surface area contributed by atoms with Crippen molar-refractivity contribution < 1.29 is 14.3 Å². The molecule has 1 N–H and O–H groups in total. The predicted octanol–water partition coefficient (Wildman–Crippen LogP) is 3.38. The summed E-state index contributed by atoms with van der Waals surface area (Å²) in [5, 5.41) is 2.78. The Morgan fingerprint density at radius 3 is 2.42 bits per heavy atom. The summed E-state index contributed by atoms with van der Waals surface area (Å²) in [5.41, 5.74) is 2.02. The summed E-state index contributed by atoms with van der Waals surface area (Å²) in [6, 6.07) is 13.0. The number of amidine groups is 1. The lowest BCUT2D eigenvalue weighted by Crippen LogP contribution is -2.24. The van der Waals surface area contributed by atoms with Crippen LogP contribution in [0, 0.1) is 0 Å². The number of methoxy groups -OCH3 is 2. The zero-order chi connectivity index (χ0) is 17.1. The van der Waals surface area contributed by atoms with Crippen molar-refractivity contribution in [3.05, 3.63) is 63.8 Å². The van der Waals surface area contributed by atoms with E-state index in [0.717, 1.165) is 15.6 Å². The average Bonchev–Trinajstić information content (AvgIpc) is 2.97. The van der Waals surface area contributed by atoms with Crippen LogP contribution in [0.5, 0.6) is 11.5 Å². The number of carbonyl (C=O) groups excluding carboxylic acids is 1. The lowest BCUT2D eigenvalue weighted by molar-refractivity contribution is -0.115. The number of amides is 1. The van der Waals surface area contributed by atoms with E-state index in [1.54, 1.807) is 32.4 Å². The van der Waals surface area contributed by atoms with Gasteiger partial charge >= 0.3 is 0 Å². The summed E-state index contributed by atoms with van der Waals surface area (Å²) < 4.78 is 11.5. The monoisotopic (exact) mass is 386 g/mol. The van der Waals surface area contributed by atoms with Crippen molar-refractivity contribution >= 4 is 33.7 Å². The van der Waals surface area contributed by atoms with Gasteiger partial charge in [0.05, 0.1) is 14.2 Å². The number of nitrogens with one attached hydrogen (secondary N) is 1. The van der Waals surface area contributed by atoms with Crippen molar-refractivity contribution in [2.24, 2.45) is 4.99 Å². The Morgan fingerprint density at radius 2 is 1.75 bits per heavy atom. The van der Waals surface area contributed by atoms with Crippen molar-refractivity contribution in [2.75, 3.05) is 14.2 Å². The first-order valence-electron chi connectivity index (χ1n) is 7.20. The maximum absolute atomic E-state index is 12.1. The van der Waals surface area contributed by atoms with Crippen molar-refractivity contribution in [3.8, 4) is 11.5 Å². The summed E-state index contributed by atoms with van der Waals surface area (Å²) in [4.78, 5) is 16.5. The predicted molar refractivity (Wildman–Crippen MR) is 96.3 cm³/mol. The molecule has 0 unspecified atom stereocenters. The summed E-state index contributed by atoms with van der Waals surface area (Å²) >= 11 is 3.39. The molecule has 1 aliphatic heterocycles. The highest BCUT2D eigenvalue weighted by Gasteiger charge is 2.22. The zero-order valence-electron chi connectivity index (χ0n) is 13.2. The third-order valence-corrected chi connectivity index (χ3v) is 4.06. The van der Waals surface area contributed by atoms with Crippen molar-refractivity contribution in [2.45, 2.75) is 0 Å². The van der Waals surface area contributed by atoms with E-state index >= 15 is 0 Å². The summed E-state index contributed by atoms with van der Waals surface area (Å²) in [6.45, 7) is 0. The van der Waals surface area contributed by atoms with E-state index in [1.165, 1.54) is 0 Å². The number of halogens is 1. The smallest absolute Gasteiger partial charge is 0.275 e. The Kier molecular flexibility index (Phi) is 4.66. The van der Waals surface area contributed by atoms with Gasteiger partial charge in [-0.2, -0.15) is 0 Å². The minimum Gasteiger partial charge on any atom is -0.493 e. The maximum atomic E-state index is 12.1. The molecular formula is C18H15BrN2O3. The summed E-state index contributed by atoms with van der Waals surface area (Å²) in [6.07, 6.45) is 1.75. The Balaban J connectivity index is 1.93. The Morgan fingerprint density at radius 1 is 1.04 bits per heavy atom. The molecule has 2 aromatic rings. The van der Waals surface area contributed by atoms with E-state index in [4.69, 9.17) is 9.47 Å². The number of nitrogens with zero attached hydrogens (tertiary/aromatic N) is 1. The maximum Gasteiger partial charge on any atom is 0.275 e. The molecule has 6 heteroatoms. The van der Waals surface area contributed by atoms with Crippen LogP contribution in [0.2, 0.25) is 0 Å². The highest BCUT2D eigenvalue weighted by molar-refractivity contribution is 9.10. The molecule has 1 heterocycles. The van der Waals surface area contributed by atoms with Gasteiger partial charge in [-0.3, -0.25) is 4.79 Å². The first kappa shape index (κ1) is 16.3. The van der Waals surface area contributed by atoms with E-state index in [2.05, 4.69) is 26.2 Å². The molecule has 0 fully saturated rings. The molecule has 0 bridgehead atoms. The highest BCUT2D eigenvalue weighted by Crippen LogP contribution is 2.28. The molecule has 24 heavy (non-hydrogen) atoms. The van der Waals surface area contributed by atoms with Gasteiger partial charge < -0.3 is 14.8 Å². The minimum atomic E-state index is -0.234. The normalized spacial score (nSPS) is 15.2. The number of aliphatic imine (C=N–C) groups is 1. The Labute approximate surface area is 148 Å². The number of hydrogen-bond donors (Lipinski definition) is 1. The zero-order valence-corrected chi connectivity index (χ0v) is 14.8. The molecule has 0 saturated heterocycles. The standard InChI is InChI=1S/C18H15BrN2O3/c1-23-15-8-5-12(10-16(15)24-2)17-20-14(18(22)21-17)9-11-3-6-13(19)7-4-11/h3-10H,1-2H3,(H,20,21,22)/b14-9+. The first-order chi connectivity index (χ1) is 11.6. The number of ether oxygens (including phenoxy) is 2. The first-order valence-corrected chi connectivity index (χ1v) is 7.99. The summed E-state index contributed by atoms with van der Waals surface area (Å²) in [7, 11) is 3.14. The number of carbonyl (C=O) groups is 1. The van der Waals surface area contributed by atoms with Gasteiger partial charge in [0.1, 0.15) is 11.5 Å². The van der Waals surface area contributed by atoms with Crippen molar-refractivity contribution in [3.63, 3.8) is 0 Å². The molecule has 1 aliphatic rings. The minimum absolute atomic E-state index is 0.234. The molecule has 0 saturated carbocycles. The van der Waals surface area contributed by atoms with Crippen LogP contribution < -0.4 is 14.8 Å². The van der Waals surface area contributed by atoms with Gasteiger partial charge in [-0.25, -0.2) is 4.99 Å². The Bertz CT molecular complexity index is 842. The van der Waals surface area contributed by atoms with Crippen LogP contribution in [0.4, 0.5) is 0 Å². The fraction of sp³-hybridized carbons (Fsp3) is 0.111. The molecule has 122 valence electrons. The van der Waals surface area contributed by atoms with Gasteiger partial charge in [0.2, 0.25) is 0 Å². The van der Waals surface area contributed by atoms with Crippen LogP contribution in [-0.4, -0.2) is 26.0 Å². The van der Waals surface area contributed by atoms with Gasteiger partial charge in [0.25, 0.3) is 5.91 Å². The van der Waals surface area contributed by atoms with Crippen molar-refractivity contribution in [1.29, 1.82) is 0 Å². The number of rotatable bonds is 4. The lowest BCUT2D eigenvalue weighted by Gasteiger charge is -2.09. The third kappa shape index (κ3) is 3.33. The van der Waals surface area contributed by atoms with E-state index in [0.29, 0.717) is 23.0 Å². The quantitative estimate of drug-likeness (QED) is 0.819. The van der Waals surface area contributed by atoms with Crippen LogP contribution in [-0.2, 0) is 4.79 Å². The molecule has 2 aromatic carbocycles. The number of benzene rings is 2. The van der Waals surface area contributed by atoms with E-state index < -0.39 is 0 Å². The fourth-order valence-electron chi connectivity index (χ4n) is 2.31. The van der Waals surface area contributed by atoms with Gasteiger partial charge in [-0.1, -0.05) is 28.1 Å². The second kappa shape index (κ2) is 6.88. The molecule has 0 aromatic heterocycles. The molecule has 0 radical (unpaired) electrons. The largest absolute Gasteiger partial charge is 0.493 e. The molecule has 5 nitrogen and oxygen atoms in total. The SMILES string of the molecule is COc1ccc(C2=N/C(=C/c3ccc(Br)cc3)C(=O)N2)cc1OC. The Hall–Kier alpha value is -2.60. The van der Waals surface area contributed by atoms with Gasteiger partial charge in [-0.05, 0) is 42.0 Å². The molecule has 3 rings (SSSR count). The molecular weight excluding hydrogens is 372 g/mol.